The second-order valence-corrected chi connectivity index (χ2v) is 8.11. The summed E-state index contributed by atoms with van der Waals surface area (Å²) < 4.78 is 36.6. The summed E-state index contributed by atoms with van der Waals surface area (Å²) in [5.41, 5.74) is 1.56. The summed E-state index contributed by atoms with van der Waals surface area (Å²) in [7, 11) is -3.35. The molecule has 1 aliphatic heterocycles. The van der Waals surface area contributed by atoms with E-state index >= 15 is 0 Å². The van der Waals surface area contributed by atoms with Crippen molar-refractivity contribution in [1.82, 2.24) is 0 Å². The molecule has 1 N–H and O–H groups in total. The Bertz CT molecular complexity index is 926. The number of anilines is 2. The van der Waals surface area contributed by atoms with Crippen molar-refractivity contribution in [1.29, 1.82) is 0 Å². The number of nitrogens with one attached hydrogen (secondary N) is 1. The van der Waals surface area contributed by atoms with Crippen molar-refractivity contribution in [3.05, 3.63) is 48.0 Å². The largest absolute Gasteiger partial charge is 0.486 e. The SMILES string of the molecule is CCN(c1ccc(C(=O)Nc2ccc3c(c2)OCCO3)cc1)S(=O)(=O)CC. The molecule has 0 unspecified atom stereocenters. The number of hydrogen-bond donors (Lipinski definition) is 1. The minimum atomic E-state index is -3.35. The first-order valence-corrected chi connectivity index (χ1v) is 10.4. The van der Waals surface area contributed by atoms with Crippen molar-refractivity contribution < 1.29 is 22.7 Å². The van der Waals surface area contributed by atoms with Crippen LogP contribution in [0.4, 0.5) is 11.4 Å². The number of hydrogen-bond acceptors (Lipinski definition) is 5. The predicted octanol–water partition coefficient (Wildman–Crippen LogP) is 2.89. The first-order valence-electron chi connectivity index (χ1n) is 8.76. The van der Waals surface area contributed by atoms with E-state index in [9.17, 15) is 13.2 Å². The summed E-state index contributed by atoms with van der Waals surface area (Å²) in [4.78, 5) is 12.5. The summed E-state index contributed by atoms with van der Waals surface area (Å²) in [5.74, 6) is 0.977. The molecule has 0 aliphatic carbocycles. The van der Waals surface area contributed by atoms with E-state index < -0.39 is 10.0 Å². The second kappa shape index (κ2) is 7.87. The minimum Gasteiger partial charge on any atom is -0.486 e. The molecule has 0 spiro atoms. The Balaban J connectivity index is 1.74. The Morgan fingerprint density at radius 1 is 1.04 bits per heavy atom. The maximum Gasteiger partial charge on any atom is 0.255 e. The van der Waals surface area contributed by atoms with Crippen LogP contribution in [-0.4, -0.2) is 39.8 Å². The third kappa shape index (κ3) is 4.16. The first-order chi connectivity index (χ1) is 12.9. The third-order valence-corrected chi connectivity index (χ3v) is 6.08. The van der Waals surface area contributed by atoms with Gasteiger partial charge < -0.3 is 14.8 Å². The summed E-state index contributed by atoms with van der Waals surface area (Å²) in [6.07, 6.45) is 0. The maximum atomic E-state index is 12.5. The lowest BCUT2D eigenvalue weighted by molar-refractivity contribution is 0.102. The summed E-state index contributed by atoms with van der Waals surface area (Å²) >= 11 is 0. The van der Waals surface area contributed by atoms with Crippen molar-refractivity contribution in [2.24, 2.45) is 0 Å². The lowest BCUT2D eigenvalue weighted by Crippen LogP contribution is -2.32. The number of benzene rings is 2. The number of rotatable bonds is 6. The molecule has 144 valence electrons. The van der Waals surface area contributed by atoms with Gasteiger partial charge in [0.25, 0.3) is 5.91 Å². The van der Waals surface area contributed by atoms with Gasteiger partial charge in [0.15, 0.2) is 11.5 Å². The van der Waals surface area contributed by atoms with Gasteiger partial charge in [-0.15, -0.1) is 0 Å². The fourth-order valence-electron chi connectivity index (χ4n) is 2.80. The summed E-state index contributed by atoms with van der Waals surface area (Å²) in [6, 6.07) is 11.7. The number of carbonyl (C=O) groups excluding carboxylic acids is 1. The van der Waals surface area contributed by atoms with E-state index in [1.807, 2.05) is 0 Å². The molecule has 27 heavy (non-hydrogen) atoms. The zero-order valence-corrected chi connectivity index (χ0v) is 16.1. The lowest BCUT2D eigenvalue weighted by atomic mass is 10.2. The summed E-state index contributed by atoms with van der Waals surface area (Å²) in [5, 5.41) is 2.81. The molecule has 1 heterocycles. The molecule has 0 saturated heterocycles. The van der Waals surface area contributed by atoms with Crippen LogP contribution in [0.15, 0.2) is 42.5 Å². The predicted molar refractivity (Wildman–Crippen MR) is 104 cm³/mol. The average Bonchev–Trinajstić information content (AvgIpc) is 2.68. The zero-order valence-electron chi connectivity index (χ0n) is 15.3. The van der Waals surface area contributed by atoms with Crippen LogP contribution in [0.3, 0.4) is 0 Å². The smallest absolute Gasteiger partial charge is 0.255 e. The van der Waals surface area contributed by atoms with Crippen molar-refractivity contribution in [3.8, 4) is 11.5 Å². The molecule has 0 saturated carbocycles. The molecule has 8 heteroatoms. The third-order valence-electron chi connectivity index (χ3n) is 4.21. The molecule has 0 aromatic heterocycles. The number of amides is 1. The van der Waals surface area contributed by atoms with Crippen LogP contribution in [-0.2, 0) is 10.0 Å². The molecule has 2 aromatic rings. The fraction of sp³-hybridized carbons (Fsp3) is 0.316. The molecule has 7 nitrogen and oxygen atoms in total. The molecule has 0 atom stereocenters. The van der Waals surface area contributed by atoms with Gasteiger partial charge in [0.2, 0.25) is 10.0 Å². The van der Waals surface area contributed by atoms with E-state index in [1.54, 1.807) is 56.3 Å². The van der Waals surface area contributed by atoms with Gasteiger partial charge >= 0.3 is 0 Å². The van der Waals surface area contributed by atoms with Crippen molar-refractivity contribution in [2.75, 3.05) is 35.1 Å². The molecule has 2 aromatic carbocycles. The van der Waals surface area contributed by atoms with Gasteiger partial charge in [-0.25, -0.2) is 8.42 Å². The van der Waals surface area contributed by atoms with E-state index in [4.69, 9.17) is 9.47 Å². The van der Waals surface area contributed by atoms with Crippen LogP contribution in [0.1, 0.15) is 24.2 Å². The lowest BCUT2D eigenvalue weighted by Gasteiger charge is -2.22. The van der Waals surface area contributed by atoms with Crippen LogP contribution >= 0.6 is 0 Å². The van der Waals surface area contributed by atoms with Crippen molar-refractivity contribution in [3.63, 3.8) is 0 Å². The number of ether oxygens (including phenoxy) is 2. The van der Waals surface area contributed by atoms with Crippen LogP contribution in [0.25, 0.3) is 0 Å². The van der Waals surface area contributed by atoms with Gasteiger partial charge in [-0.2, -0.15) is 0 Å². The second-order valence-electron chi connectivity index (χ2n) is 5.92. The zero-order chi connectivity index (χ0) is 19.4. The Morgan fingerprint density at radius 3 is 2.33 bits per heavy atom. The minimum absolute atomic E-state index is 0.0210. The first kappa shape index (κ1) is 19.0. The monoisotopic (exact) mass is 390 g/mol. The Morgan fingerprint density at radius 2 is 1.70 bits per heavy atom. The van der Waals surface area contributed by atoms with Gasteiger partial charge in [0.1, 0.15) is 13.2 Å². The number of sulfonamides is 1. The molecule has 3 rings (SSSR count). The van der Waals surface area contributed by atoms with Crippen molar-refractivity contribution in [2.45, 2.75) is 13.8 Å². The number of carbonyl (C=O) groups is 1. The van der Waals surface area contributed by atoms with Gasteiger partial charge in [-0.3, -0.25) is 9.10 Å². The molecule has 0 radical (unpaired) electrons. The highest BCUT2D eigenvalue weighted by Gasteiger charge is 2.19. The van der Waals surface area contributed by atoms with E-state index in [1.165, 1.54) is 4.31 Å². The van der Waals surface area contributed by atoms with Gasteiger partial charge in [-0.1, -0.05) is 0 Å². The number of fused-ring (bicyclic) bond motifs is 1. The van der Waals surface area contributed by atoms with E-state index in [2.05, 4.69) is 5.32 Å². The van der Waals surface area contributed by atoms with Crippen LogP contribution in [0.5, 0.6) is 11.5 Å². The van der Waals surface area contributed by atoms with Gasteiger partial charge in [0.05, 0.1) is 11.4 Å². The van der Waals surface area contributed by atoms with E-state index in [-0.39, 0.29) is 11.7 Å². The quantitative estimate of drug-likeness (QED) is 0.820. The maximum absolute atomic E-state index is 12.5. The molecule has 1 aliphatic rings. The van der Waals surface area contributed by atoms with Crippen LogP contribution in [0.2, 0.25) is 0 Å². The van der Waals surface area contributed by atoms with Gasteiger partial charge in [0, 0.05) is 23.9 Å². The average molecular weight is 390 g/mol. The molecule has 0 fully saturated rings. The summed E-state index contributed by atoms with van der Waals surface area (Å²) in [6.45, 7) is 4.69. The fourth-order valence-corrected chi connectivity index (χ4v) is 3.95. The van der Waals surface area contributed by atoms with Crippen molar-refractivity contribution >= 4 is 27.3 Å². The molecular weight excluding hydrogens is 368 g/mol. The Labute approximate surface area is 158 Å². The molecule has 1 amide bonds. The highest BCUT2D eigenvalue weighted by atomic mass is 32.2. The van der Waals surface area contributed by atoms with Crippen LogP contribution < -0.4 is 19.1 Å². The van der Waals surface area contributed by atoms with E-state index in [0.717, 1.165) is 0 Å². The molecule has 0 bridgehead atoms. The molecular formula is C19H22N2O5S. The standard InChI is InChI=1S/C19H22N2O5S/c1-3-21(27(23,24)4-2)16-8-5-14(6-9-16)19(22)20-15-7-10-17-18(13-15)26-12-11-25-17/h5-10,13H,3-4,11-12H2,1-2H3,(H,20,22). The normalized spacial score (nSPS) is 13.1. The highest BCUT2D eigenvalue weighted by molar-refractivity contribution is 7.92. The van der Waals surface area contributed by atoms with Gasteiger partial charge in [-0.05, 0) is 50.2 Å². The topological polar surface area (TPSA) is 84.9 Å². The number of nitrogens with zero attached hydrogens (tertiary/aromatic N) is 1. The highest BCUT2D eigenvalue weighted by Crippen LogP contribution is 2.32. The Kier molecular flexibility index (Phi) is 5.55. The van der Waals surface area contributed by atoms with Crippen LogP contribution in [0, 0.1) is 0 Å². The van der Waals surface area contributed by atoms with E-state index in [0.29, 0.717) is 48.2 Å². The Hall–Kier alpha value is -2.74.